The average molecular weight is 311 g/mol. The Kier molecular flexibility index (Phi) is 4.37. The summed E-state index contributed by atoms with van der Waals surface area (Å²) in [6.07, 6.45) is 1.07. The summed E-state index contributed by atoms with van der Waals surface area (Å²) in [5.41, 5.74) is 9.60. The molecular formula is C18H21N3O2. The zero-order valence-electron chi connectivity index (χ0n) is 13.4. The van der Waals surface area contributed by atoms with E-state index in [1.165, 1.54) is 11.1 Å². The third-order valence-corrected chi connectivity index (χ3v) is 4.10. The Hall–Kier alpha value is -2.69. The van der Waals surface area contributed by atoms with E-state index in [0.717, 1.165) is 12.1 Å². The number of ether oxygens (including phenoxy) is 2. The van der Waals surface area contributed by atoms with E-state index < -0.39 is 0 Å². The number of nitrogens with two attached hydrogens (primary N) is 1. The average Bonchev–Trinajstić information content (AvgIpc) is 2.55. The molecule has 0 heterocycles. The van der Waals surface area contributed by atoms with Gasteiger partial charge in [-0.25, -0.2) is 0 Å². The van der Waals surface area contributed by atoms with Gasteiger partial charge in [-0.15, -0.1) is 0 Å². The summed E-state index contributed by atoms with van der Waals surface area (Å²) in [6, 6.07) is 14.0. The van der Waals surface area contributed by atoms with Gasteiger partial charge < -0.3 is 20.5 Å². The molecule has 3 N–H and O–H groups in total. The molecular weight excluding hydrogens is 290 g/mol. The van der Waals surface area contributed by atoms with Crippen molar-refractivity contribution in [3.8, 4) is 11.5 Å². The van der Waals surface area contributed by atoms with Crippen LogP contribution in [0.5, 0.6) is 11.5 Å². The van der Waals surface area contributed by atoms with Gasteiger partial charge >= 0.3 is 0 Å². The van der Waals surface area contributed by atoms with Crippen molar-refractivity contribution in [1.29, 1.82) is 0 Å². The Morgan fingerprint density at radius 3 is 2.70 bits per heavy atom. The second kappa shape index (κ2) is 6.60. The van der Waals surface area contributed by atoms with Gasteiger partial charge in [0.15, 0.2) is 17.5 Å². The number of nitrogens with zero attached hydrogens (tertiary/aromatic N) is 1. The molecule has 5 nitrogen and oxygen atoms in total. The van der Waals surface area contributed by atoms with Crippen molar-refractivity contribution in [2.24, 2.45) is 10.7 Å². The van der Waals surface area contributed by atoms with Gasteiger partial charge in [0.05, 0.1) is 14.2 Å². The van der Waals surface area contributed by atoms with Gasteiger partial charge in [0.25, 0.3) is 0 Å². The number of fused-ring (bicyclic) bond motifs is 1. The molecule has 0 saturated carbocycles. The maximum atomic E-state index is 5.98. The molecule has 1 aliphatic carbocycles. The summed E-state index contributed by atoms with van der Waals surface area (Å²) in [6.45, 7) is 0.698. The van der Waals surface area contributed by atoms with Crippen molar-refractivity contribution in [1.82, 2.24) is 0 Å². The number of guanidine groups is 1. The monoisotopic (exact) mass is 311 g/mol. The molecule has 23 heavy (non-hydrogen) atoms. The number of anilines is 1. The molecule has 0 fully saturated rings. The van der Waals surface area contributed by atoms with Crippen LogP contribution in [0.15, 0.2) is 47.5 Å². The third kappa shape index (κ3) is 3.23. The molecule has 2 aromatic rings. The van der Waals surface area contributed by atoms with Crippen LogP contribution in [0, 0.1) is 0 Å². The first kappa shape index (κ1) is 15.2. The maximum absolute atomic E-state index is 5.98. The van der Waals surface area contributed by atoms with Crippen molar-refractivity contribution >= 4 is 11.6 Å². The van der Waals surface area contributed by atoms with E-state index in [0.29, 0.717) is 29.9 Å². The molecule has 1 aliphatic rings. The summed E-state index contributed by atoms with van der Waals surface area (Å²) in [5, 5.41) is 3.09. The van der Waals surface area contributed by atoms with Crippen LogP contribution < -0.4 is 20.5 Å². The predicted octanol–water partition coefficient (Wildman–Crippen LogP) is 2.77. The highest BCUT2D eigenvalue weighted by atomic mass is 16.5. The molecule has 3 rings (SSSR count). The van der Waals surface area contributed by atoms with E-state index in [1.54, 1.807) is 14.2 Å². The minimum atomic E-state index is 0.404. The fourth-order valence-electron chi connectivity index (χ4n) is 2.84. The molecule has 0 saturated heterocycles. The normalized spacial score (nSPS) is 16.3. The molecule has 0 aliphatic heterocycles. The van der Waals surface area contributed by atoms with Gasteiger partial charge in [-0.1, -0.05) is 24.3 Å². The summed E-state index contributed by atoms with van der Waals surface area (Å²) in [4.78, 5) is 4.45. The lowest BCUT2D eigenvalue weighted by atomic mass is 9.78. The van der Waals surface area contributed by atoms with Gasteiger partial charge in [-0.05, 0) is 29.7 Å². The largest absolute Gasteiger partial charge is 0.493 e. The second-order valence-electron chi connectivity index (χ2n) is 5.52. The molecule has 0 spiro atoms. The van der Waals surface area contributed by atoms with Gasteiger partial charge in [0.2, 0.25) is 0 Å². The van der Waals surface area contributed by atoms with Crippen LogP contribution in [-0.4, -0.2) is 26.7 Å². The molecule has 0 radical (unpaired) electrons. The quantitative estimate of drug-likeness (QED) is 0.658. The van der Waals surface area contributed by atoms with Crippen molar-refractivity contribution in [2.45, 2.75) is 12.3 Å². The lowest BCUT2D eigenvalue weighted by Crippen LogP contribution is -2.26. The van der Waals surface area contributed by atoms with Gasteiger partial charge in [0, 0.05) is 24.2 Å². The first-order valence-corrected chi connectivity index (χ1v) is 7.58. The van der Waals surface area contributed by atoms with E-state index in [1.807, 2.05) is 18.2 Å². The summed E-state index contributed by atoms with van der Waals surface area (Å²) in [5.74, 6) is 2.21. The molecule has 5 heteroatoms. The van der Waals surface area contributed by atoms with Gasteiger partial charge in [0.1, 0.15) is 0 Å². The Morgan fingerprint density at radius 2 is 1.96 bits per heavy atom. The zero-order valence-corrected chi connectivity index (χ0v) is 13.4. The van der Waals surface area contributed by atoms with Crippen molar-refractivity contribution in [3.63, 3.8) is 0 Å². The fraction of sp³-hybridized carbons (Fsp3) is 0.278. The Morgan fingerprint density at radius 1 is 1.17 bits per heavy atom. The van der Waals surface area contributed by atoms with Crippen LogP contribution in [0.25, 0.3) is 0 Å². The number of methoxy groups -OCH3 is 2. The second-order valence-corrected chi connectivity index (χ2v) is 5.52. The number of aliphatic imine (C=N–C) groups is 1. The summed E-state index contributed by atoms with van der Waals surface area (Å²) in [7, 11) is 3.21. The maximum Gasteiger partial charge on any atom is 0.193 e. The lowest BCUT2D eigenvalue weighted by Gasteiger charge is -2.28. The first-order chi connectivity index (χ1) is 11.2. The highest BCUT2D eigenvalue weighted by molar-refractivity contribution is 5.92. The number of nitrogens with one attached hydrogen (secondary N) is 1. The number of hydrogen-bond acceptors (Lipinski definition) is 3. The SMILES string of the molecule is COc1ccc(NC(N)=NCC2Cc3ccccc32)cc1OC. The van der Waals surface area contributed by atoms with E-state index in [2.05, 4.69) is 34.6 Å². The minimum absolute atomic E-state index is 0.404. The van der Waals surface area contributed by atoms with Crippen LogP contribution in [-0.2, 0) is 6.42 Å². The summed E-state index contributed by atoms with van der Waals surface area (Å²) >= 11 is 0. The molecule has 0 amide bonds. The van der Waals surface area contributed by atoms with Crippen LogP contribution >= 0.6 is 0 Å². The highest BCUT2D eigenvalue weighted by Gasteiger charge is 2.24. The molecule has 1 atom stereocenters. The van der Waals surface area contributed by atoms with Crippen LogP contribution in [0.3, 0.4) is 0 Å². The molecule has 0 aromatic heterocycles. The number of rotatable bonds is 5. The third-order valence-electron chi connectivity index (χ3n) is 4.10. The zero-order chi connectivity index (χ0) is 16.2. The van der Waals surface area contributed by atoms with Crippen molar-refractivity contribution < 1.29 is 9.47 Å². The minimum Gasteiger partial charge on any atom is -0.493 e. The van der Waals surface area contributed by atoms with Crippen LogP contribution in [0.4, 0.5) is 5.69 Å². The first-order valence-electron chi connectivity index (χ1n) is 7.58. The predicted molar refractivity (Wildman–Crippen MR) is 92.5 cm³/mol. The lowest BCUT2D eigenvalue weighted by molar-refractivity contribution is 0.355. The van der Waals surface area contributed by atoms with Gasteiger partial charge in [-0.3, -0.25) is 4.99 Å². The standard InChI is InChI=1S/C18H21N3O2/c1-22-16-8-7-14(10-17(16)23-2)21-18(19)20-11-13-9-12-5-3-4-6-15(12)13/h3-8,10,13H,9,11H2,1-2H3,(H3,19,20,21). The Labute approximate surface area is 136 Å². The molecule has 1 unspecified atom stereocenters. The Bertz CT molecular complexity index is 728. The van der Waals surface area contributed by atoms with Crippen molar-refractivity contribution in [3.05, 3.63) is 53.6 Å². The molecule has 120 valence electrons. The van der Waals surface area contributed by atoms with Crippen molar-refractivity contribution in [2.75, 3.05) is 26.1 Å². The van der Waals surface area contributed by atoms with Gasteiger partial charge in [-0.2, -0.15) is 0 Å². The van der Waals surface area contributed by atoms with Crippen LogP contribution in [0.2, 0.25) is 0 Å². The van der Waals surface area contributed by atoms with E-state index >= 15 is 0 Å². The Balaban J connectivity index is 1.62. The molecule has 2 aromatic carbocycles. The molecule has 0 bridgehead atoms. The van der Waals surface area contributed by atoms with E-state index in [9.17, 15) is 0 Å². The highest BCUT2D eigenvalue weighted by Crippen LogP contribution is 2.34. The van der Waals surface area contributed by atoms with E-state index in [4.69, 9.17) is 15.2 Å². The van der Waals surface area contributed by atoms with Crippen LogP contribution in [0.1, 0.15) is 17.0 Å². The number of benzene rings is 2. The smallest absolute Gasteiger partial charge is 0.193 e. The topological polar surface area (TPSA) is 68.9 Å². The fourth-order valence-corrected chi connectivity index (χ4v) is 2.84. The number of hydrogen-bond donors (Lipinski definition) is 2. The van der Waals surface area contributed by atoms with E-state index in [-0.39, 0.29) is 0 Å². The summed E-state index contributed by atoms with van der Waals surface area (Å²) < 4.78 is 10.5.